The van der Waals surface area contributed by atoms with Gasteiger partial charge in [0.15, 0.2) is 11.5 Å². The zero-order chi connectivity index (χ0) is 25.8. The van der Waals surface area contributed by atoms with Gasteiger partial charge in [0.2, 0.25) is 0 Å². The summed E-state index contributed by atoms with van der Waals surface area (Å²) in [5.41, 5.74) is 10.8. The van der Waals surface area contributed by atoms with Crippen molar-refractivity contribution < 1.29 is 4.79 Å². The molecule has 0 aliphatic carbocycles. The molecule has 2 saturated heterocycles. The van der Waals surface area contributed by atoms with Gasteiger partial charge < -0.3 is 26.2 Å². The van der Waals surface area contributed by atoms with Gasteiger partial charge in [0.1, 0.15) is 0 Å². The fourth-order valence-electron chi connectivity index (χ4n) is 5.64. The van der Waals surface area contributed by atoms with Crippen LogP contribution in [-0.2, 0) is 6.42 Å². The van der Waals surface area contributed by atoms with E-state index in [0.29, 0.717) is 18.3 Å². The Morgan fingerprint density at radius 3 is 2.43 bits per heavy atom. The Bertz CT molecular complexity index is 1120. The lowest BCUT2D eigenvalue weighted by atomic mass is 10.0. The van der Waals surface area contributed by atoms with Crippen LogP contribution in [0.25, 0.3) is 5.57 Å². The van der Waals surface area contributed by atoms with Crippen molar-refractivity contribution in [2.24, 2.45) is 5.73 Å². The summed E-state index contributed by atoms with van der Waals surface area (Å²) in [6, 6.07) is 9.09. The zero-order valence-corrected chi connectivity index (χ0v) is 22.2. The molecule has 0 spiro atoms. The third-order valence-electron chi connectivity index (χ3n) is 7.92. The van der Waals surface area contributed by atoms with Crippen molar-refractivity contribution in [1.82, 2.24) is 25.1 Å². The average Bonchev–Trinajstić information content (AvgIpc) is 2.94. The number of amides is 1. The number of hydrogen-bond donors (Lipinski definition) is 3. The first kappa shape index (κ1) is 25.6. The number of nitrogens with two attached hydrogens (primary N) is 1. The molecule has 0 bridgehead atoms. The molecule has 4 heterocycles. The molecule has 198 valence electrons. The molecule has 9 heteroatoms. The number of carbonyl (C=O) groups is 1. The number of nitrogens with zero attached hydrogens (tertiary/aromatic N) is 5. The first-order valence-corrected chi connectivity index (χ1v) is 13.7. The number of piperidine rings is 1. The molecule has 3 aliphatic rings. The van der Waals surface area contributed by atoms with E-state index in [4.69, 9.17) is 10.7 Å². The number of anilines is 3. The second kappa shape index (κ2) is 11.6. The normalized spacial score (nSPS) is 20.1. The number of nitrogens with one attached hydrogen (secondary N) is 2. The van der Waals surface area contributed by atoms with Crippen molar-refractivity contribution in [3.63, 3.8) is 0 Å². The molecule has 9 nitrogen and oxygen atoms in total. The number of benzene rings is 1. The van der Waals surface area contributed by atoms with Gasteiger partial charge in [0, 0.05) is 63.2 Å². The van der Waals surface area contributed by atoms with E-state index in [1.807, 2.05) is 19.1 Å². The van der Waals surface area contributed by atoms with E-state index in [9.17, 15) is 4.79 Å². The Hall–Kier alpha value is -3.01. The van der Waals surface area contributed by atoms with E-state index in [2.05, 4.69) is 55.6 Å². The third kappa shape index (κ3) is 5.95. The summed E-state index contributed by atoms with van der Waals surface area (Å²) in [6.45, 7) is 10.6. The van der Waals surface area contributed by atoms with Crippen LogP contribution in [0.1, 0.15) is 48.1 Å². The lowest BCUT2D eigenvalue weighted by molar-refractivity contribution is 0.0982. The van der Waals surface area contributed by atoms with E-state index in [1.165, 1.54) is 44.7 Å². The minimum Gasteiger partial charge on any atom is -0.371 e. The minimum atomic E-state index is -0.574. The molecular weight excluding hydrogens is 464 g/mol. The lowest BCUT2D eigenvalue weighted by Gasteiger charge is -2.42. The molecule has 3 aliphatic heterocycles. The molecule has 0 radical (unpaired) electrons. The first-order chi connectivity index (χ1) is 18.0. The summed E-state index contributed by atoms with van der Waals surface area (Å²) in [5.74, 6) is -0.157. The van der Waals surface area contributed by atoms with Crippen LogP contribution in [0.15, 0.2) is 30.3 Å². The average molecular weight is 505 g/mol. The topological polar surface area (TPSA) is 103 Å². The highest BCUT2D eigenvalue weighted by Crippen LogP contribution is 2.28. The molecule has 0 atom stereocenters. The standard InChI is InChI=1S/C28H40N8O/c1-3-24-25(20-8-12-30-13-9-20)33-28(26(32-24)27(29)37)31-21-4-6-22(7-5-21)35-14-10-23(11-15-35)36-18-16-34(2)17-19-36/h4-8,23,30H,3,9-19H2,1-2H3,(H2,29,37)(H,31,33). The second-order valence-electron chi connectivity index (χ2n) is 10.3. The summed E-state index contributed by atoms with van der Waals surface area (Å²) in [7, 11) is 2.21. The zero-order valence-electron chi connectivity index (χ0n) is 22.2. The summed E-state index contributed by atoms with van der Waals surface area (Å²) < 4.78 is 0. The monoisotopic (exact) mass is 504 g/mol. The Morgan fingerprint density at radius 1 is 1.08 bits per heavy atom. The number of primary amides is 1. The fraction of sp³-hybridized carbons (Fsp3) is 0.536. The van der Waals surface area contributed by atoms with E-state index >= 15 is 0 Å². The van der Waals surface area contributed by atoms with Crippen molar-refractivity contribution in [3.05, 3.63) is 47.4 Å². The van der Waals surface area contributed by atoms with E-state index in [1.54, 1.807) is 0 Å². The van der Waals surface area contributed by atoms with Gasteiger partial charge in [-0.2, -0.15) is 0 Å². The number of likely N-dealkylation sites (N-methyl/N-ethyl adjacent to an activating group) is 1. The molecule has 5 rings (SSSR count). The number of aryl methyl sites for hydroxylation is 1. The molecule has 0 unspecified atom stereocenters. The van der Waals surface area contributed by atoms with Crippen molar-refractivity contribution in [2.45, 2.75) is 38.6 Å². The number of rotatable bonds is 7. The van der Waals surface area contributed by atoms with Crippen molar-refractivity contribution in [2.75, 3.05) is 69.6 Å². The van der Waals surface area contributed by atoms with Crippen LogP contribution in [-0.4, -0.2) is 91.1 Å². The Morgan fingerprint density at radius 2 is 1.81 bits per heavy atom. The number of aromatic nitrogens is 2. The van der Waals surface area contributed by atoms with Gasteiger partial charge in [-0.25, -0.2) is 9.97 Å². The van der Waals surface area contributed by atoms with Gasteiger partial charge in [0.25, 0.3) is 5.91 Å². The highest BCUT2D eigenvalue weighted by molar-refractivity contribution is 5.96. The highest BCUT2D eigenvalue weighted by atomic mass is 16.1. The van der Waals surface area contributed by atoms with Gasteiger partial charge in [-0.3, -0.25) is 9.69 Å². The third-order valence-corrected chi connectivity index (χ3v) is 7.92. The maximum absolute atomic E-state index is 12.2. The first-order valence-electron chi connectivity index (χ1n) is 13.7. The van der Waals surface area contributed by atoms with Crippen LogP contribution < -0.4 is 21.3 Å². The van der Waals surface area contributed by atoms with Gasteiger partial charge in [0.05, 0.1) is 11.4 Å². The maximum Gasteiger partial charge on any atom is 0.271 e. The predicted molar refractivity (Wildman–Crippen MR) is 149 cm³/mol. The summed E-state index contributed by atoms with van der Waals surface area (Å²) >= 11 is 0. The Kier molecular flexibility index (Phi) is 8.02. The van der Waals surface area contributed by atoms with Crippen LogP contribution in [0.4, 0.5) is 17.2 Å². The van der Waals surface area contributed by atoms with Crippen LogP contribution in [0, 0.1) is 0 Å². The van der Waals surface area contributed by atoms with Gasteiger partial charge in [-0.15, -0.1) is 0 Å². The molecule has 1 aromatic carbocycles. The maximum atomic E-state index is 12.2. The number of hydrogen-bond acceptors (Lipinski definition) is 8. The van der Waals surface area contributed by atoms with Crippen molar-refractivity contribution in [3.8, 4) is 0 Å². The van der Waals surface area contributed by atoms with Crippen LogP contribution in [0.3, 0.4) is 0 Å². The van der Waals surface area contributed by atoms with Gasteiger partial charge in [-0.1, -0.05) is 13.0 Å². The Balaban J connectivity index is 1.27. The highest BCUT2D eigenvalue weighted by Gasteiger charge is 2.27. The Labute approximate surface area is 220 Å². The van der Waals surface area contributed by atoms with Gasteiger partial charge in [-0.05, 0) is 69.1 Å². The van der Waals surface area contributed by atoms with E-state index in [-0.39, 0.29) is 5.69 Å². The molecular formula is C28H40N8O. The largest absolute Gasteiger partial charge is 0.371 e. The predicted octanol–water partition coefficient (Wildman–Crippen LogP) is 2.47. The second-order valence-corrected chi connectivity index (χ2v) is 10.3. The van der Waals surface area contributed by atoms with Crippen molar-refractivity contribution in [1.29, 1.82) is 0 Å². The number of piperazine rings is 1. The molecule has 2 fully saturated rings. The smallest absolute Gasteiger partial charge is 0.271 e. The molecule has 37 heavy (non-hydrogen) atoms. The number of carbonyl (C=O) groups excluding carboxylic acids is 1. The SMILES string of the molecule is CCc1nc(C(N)=O)c(Nc2ccc(N3CCC(N4CCN(C)CC4)CC3)cc2)nc1C1=CCNCC1. The molecule has 1 aromatic heterocycles. The van der Waals surface area contributed by atoms with E-state index < -0.39 is 5.91 Å². The van der Waals surface area contributed by atoms with Gasteiger partial charge >= 0.3 is 0 Å². The molecule has 0 saturated carbocycles. The summed E-state index contributed by atoms with van der Waals surface area (Å²) in [6.07, 6.45) is 6.14. The molecule has 4 N–H and O–H groups in total. The molecule has 2 aromatic rings. The van der Waals surface area contributed by atoms with Crippen LogP contribution in [0.2, 0.25) is 0 Å². The quantitative estimate of drug-likeness (QED) is 0.529. The lowest BCUT2D eigenvalue weighted by Crippen LogP contribution is -2.52. The van der Waals surface area contributed by atoms with E-state index in [0.717, 1.165) is 55.2 Å². The minimum absolute atomic E-state index is 0.185. The van der Waals surface area contributed by atoms with Crippen molar-refractivity contribution >= 4 is 28.7 Å². The fourth-order valence-corrected chi connectivity index (χ4v) is 5.64. The summed E-state index contributed by atoms with van der Waals surface area (Å²) in [5, 5.41) is 6.66. The molecule has 1 amide bonds. The summed E-state index contributed by atoms with van der Waals surface area (Å²) in [4.78, 5) is 29.3. The van der Waals surface area contributed by atoms with Crippen LogP contribution >= 0.6 is 0 Å². The van der Waals surface area contributed by atoms with Crippen LogP contribution in [0.5, 0.6) is 0 Å².